The van der Waals surface area contributed by atoms with Crippen molar-refractivity contribution in [2.24, 2.45) is 4.99 Å². The lowest BCUT2D eigenvalue weighted by Crippen LogP contribution is -2.41. The minimum absolute atomic E-state index is 0.558. The van der Waals surface area contributed by atoms with E-state index in [9.17, 15) is 0 Å². The van der Waals surface area contributed by atoms with Crippen LogP contribution in [-0.2, 0) is 6.54 Å². The standard InChI is InChI=1S/C18H26N6/c1-13-10-14(2)24(23-13)17-9-8-15(11-20-17)12-21-18(19-3)22-16-6-4-5-7-16/h8-11,16H,4-7,12H2,1-3H3,(H2,19,21,22). The summed E-state index contributed by atoms with van der Waals surface area (Å²) in [4.78, 5) is 8.84. The number of aromatic nitrogens is 3. The molecule has 2 aromatic rings. The van der Waals surface area contributed by atoms with E-state index in [4.69, 9.17) is 0 Å². The summed E-state index contributed by atoms with van der Waals surface area (Å²) in [7, 11) is 1.81. The molecule has 0 bridgehead atoms. The Labute approximate surface area is 143 Å². The summed E-state index contributed by atoms with van der Waals surface area (Å²) in [6.45, 7) is 4.73. The smallest absolute Gasteiger partial charge is 0.191 e. The van der Waals surface area contributed by atoms with Crippen LogP contribution in [0.25, 0.3) is 5.82 Å². The summed E-state index contributed by atoms with van der Waals surface area (Å²) < 4.78 is 1.87. The Kier molecular flexibility index (Phi) is 5.13. The average Bonchev–Trinajstić information content (AvgIpc) is 3.21. The Morgan fingerprint density at radius 3 is 2.67 bits per heavy atom. The predicted molar refractivity (Wildman–Crippen MR) is 96.4 cm³/mol. The Balaban J connectivity index is 1.58. The van der Waals surface area contributed by atoms with Crippen molar-refractivity contribution in [3.8, 4) is 5.82 Å². The molecule has 0 unspecified atom stereocenters. The maximum absolute atomic E-state index is 4.53. The Morgan fingerprint density at radius 1 is 1.29 bits per heavy atom. The summed E-state index contributed by atoms with van der Waals surface area (Å²) in [6.07, 6.45) is 6.99. The molecule has 1 fully saturated rings. The van der Waals surface area contributed by atoms with Crippen molar-refractivity contribution in [1.82, 2.24) is 25.4 Å². The Bertz CT molecular complexity index is 695. The first-order chi connectivity index (χ1) is 11.7. The number of nitrogens with zero attached hydrogens (tertiary/aromatic N) is 4. The summed E-state index contributed by atoms with van der Waals surface area (Å²) >= 11 is 0. The maximum atomic E-state index is 4.53. The lowest BCUT2D eigenvalue weighted by Gasteiger charge is -2.16. The van der Waals surface area contributed by atoms with Crippen molar-refractivity contribution >= 4 is 5.96 Å². The highest BCUT2D eigenvalue weighted by atomic mass is 15.3. The van der Waals surface area contributed by atoms with Gasteiger partial charge in [0.25, 0.3) is 0 Å². The summed E-state index contributed by atoms with van der Waals surface area (Å²) in [6, 6.07) is 6.69. The van der Waals surface area contributed by atoms with Crippen LogP contribution in [0.2, 0.25) is 0 Å². The lowest BCUT2D eigenvalue weighted by atomic mass is 10.2. The number of rotatable bonds is 4. The maximum Gasteiger partial charge on any atom is 0.191 e. The fourth-order valence-electron chi connectivity index (χ4n) is 3.15. The SMILES string of the molecule is CN=C(NCc1ccc(-n2nc(C)cc2C)nc1)NC1CCCC1. The number of aliphatic imine (C=N–C) groups is 1. The van der Waals surface area contributed by atoms with E-state index >= 15 is 0 Å². The quantitative estimate of drug-likeness (QED) is 0.669. The molecule has 1 aliphatic carbocycles. The number of hydrogen-bond acceptors (Lipinski definition) is 3. The van der Waals surface area contributed by atoms with E-state index in [0.717, 1.165) is 28.7 Å². The fourth-order valence-corrected chi connectivity index (χ4v) is 3.15. The first-order valence-corrected chi connectivity index (χ1v) is 8.61. The van der Waals surface area contributed by atoms with Crippen LogP contribution in [0.15, 0.2) is 29.4 Å². The average molecular weight is 326 g/mol. The first kappa shape index (κ1) is 16.5. The molecular weight excluding hydrogens is 300 g/mol. The molecule has 6 nitrogen and oxygen atoms in total. The van der Waals surface area contributed by atoms with Crippen molar-refractivity contribution in [1.29, 1.82) is 0 Å². The second-order valence-corrected chi connectivity index (χ2v) is 6.42. The normalized spacial score (nSPS) is 15.7. The monoisotopic (exact) mass is 326 g/mol. The Hall–Kier alpha value is -2.37. The van der Waals surface area contributed by atoms with Crippen molar-refractivity contribution in [3.63, 3.8) is 0 Å². The third-order valence-electron chi connectivity index (χ3n) is 4.42. The molecule has 6 heteroatoms. The van der Waals surface area contributed by atoms with Gasteiger partial charge in [-0.05, 0) is 44.4 Å². The van der Waals surface area contributed by atoms with E-state index in [1.807, 2.05) is 37.8 Å². The van der Waals surface area contributed by atoms with Crippen LogP contribution in [0.5, 0.6) is 0 Å². The zero-order chi connectivity index (χ0) is 16.9. The van der Waals surface area contributed by atoms with Gasteiger partial charge >= 0.3 is 0 Å². The van der Waals surface area contributed by atoms with E-state index in [-0.39, 0.29) is 0 Å². The zero-order valence-corrected chi connectivity index (χ0v) is 14.7. The van der Waals surface area contributed by atoms with Crippen LogP contribution in [-0.4, -0.2) is 33.8 Å². The lowest BCUT2D eigenvalue weighted by molar-refractivity contribution is 0.613. The van der Waals surface area contributed by atoms with Gasteiger partial charge < -0.3 is 10.6 Å². The topological polar surface area (TPSA) is 67.1 Å². The van der Waals surface area contributed by atoms with Gasteiger partial charge in [0.15, 0.2) is 11.8 Å². The molecule has 2 N–H and O–H groups in total. The molecule has 2 heterocycles. The van der Waals surface area contributed by atoms with Gasteiger partial charge in [-0.2, -0.15) is 5.10 Å². The van der Waals surface area contributed by atoms with Crippen molar-refractivity contribution in [2.75, 3.05) is 7.05 Å². The molecule has 0 amide bonds. The highest BCUT2D eigenvalue weighted by molar-refractivity contribution is 5.79. The molecule has 1 saturated carbocycles. The van der Waals surface area contributed by atoms with Crippen LogP contribution < -0.4 is 10.6 Å². The molecule has 0 aliphatic heterocycles. The summed E-state index contributed by atoms with van der Waals surface area (Å²) in [5.41, 5.74) is 3.21. The molecule has 1 aliphatic rings. The molecule has 0 aromatic carbocycles. The van der Waals surface area contributed by atoms with Crippen molar-refractivity contribution in [3.05, 3.63) is 41.3 Å². The number of pyridine rings is 1. The van der Waals surface area contributed by atoms with E-state index < -0.39 is 0 Å². The van der Waals surface area contributed by atoms with Crippen LogP contribution in [0.1, 0.15) is 42.6 Å². The van der Waals surface area contributed by atoms with Crippen molar-refractivity contribution < 1.29 is 0 Å². The van der Waals surface area contributed by atoms with Crippen LogP contribution in [0.4, 0.5) is 0 Å². The minimum atomic E-state index is 0.558. The fraction of sp³-hybridized carbons (Fsp3) is 0.500. The number of hydrogen-bond donors (Lipinski definition) is 2. The minimum Gasteiger partial charge on any atom is -0.354 e. The number of aryl methyl sites for hydroxylation is 2. The molecule has 0 radical (unpaired) electrons. The molecule has 0 atom stereocenters. The largest absolute Gasteiger partial charge is 0.354 e. The van der Waals surface area contributed by atoms with Crippen LogP contribution in [0.3, 0.4) is 0 Å². The van der Waals surface area contributed by atoms with Gasteiger partial charge in [0, 0.05) is 31.5 Å². The molecule has 24 heavy (non-hydrogen) atoms. The van der Waals surface area contributed by atoms with Crippen molar-refractivity contribution in [2.45, 2.75) is 52.1 Å². The Morgan fingerprint density at radius 2 is 2.08 bits per heavy atom. The van der Waals surface area contributed by atoms with Gasteiger partial charge in [0.2, 0.25) is 0 Å². The number of guanidine groups is 1. The van der Waals surface area contributed by atoms with Crippen LogP contribution in [0, 0.1) is 13.8 Å². The summed E-state index contributed by atoms with van der Waals surface area (Å²) in [5.74, 6) is 1.71. The molecule has 2 aromatic heterocycles. The van der Waals surface area contributed by atoms with Gasteiger partial charge in [-0.25, -0.2) is 9.67 Å². The van der Waals surface area contributed by atoms with Gasteiger partial charge in [-0.3, -0.25) is 4.99 Å². The molecule has 0 saturated heterocycles. The number of nitrogens with one attached hydrogen (secondary N) is 2. The third kappa shape index (κ3) is 3.93. The first-order valence-electron chi connectivity index (χ1n) is 8.61. The van der Waals surface area contributed by atoms with Gasteiger partial charge in [0.1, 0.15) is 0 Å². The van der Waals surface area contributed by atoms with Gasteiger partial charge in [0.05, 0.1) is 5.69 Å². The van der Waals surface area contributed by atoms with Gasteiger partial charge in [-0.1, -0.05) is 18.9 Å². The van der Waals surface area contributed by atoms with Gasteiger partial charge in [-0.15, -0.1) is 0 Å². The second kappa shape index (κ2) is 7.47. The molecule has 128 valence electrons. The summed E-state index contributed by atoms with van der Waals surface area (Å²) in [5, 5.41) is 11.3. The zero-order valence-electron chi connectivity index (χ0n) is 14.7. The molecule has 3 rings (SSSR count). The highest BCUT2D eigenvalue weighted by Crippen LogP contribution is 2.17. The third-order valence-corrected chi connectivity index (χ3v) is 4.42. The highest BCUT2D eigenvalue weighted by Gasteiger charge is 2.15. The van der Waals surface area contributed by atoms with Crippen LogP contribution >= 0.6 is 0 Å². The van der Waals surface area contributed by atoms with E-state index in [1.165, 1.54) is 25.7 Å². The molecule has 0 spiro atoms. The predicted octanol–water partition coefficient (Wildman–Crippen LogP) is 2.49. The van der Waals surface area contributed by atoms with E-state index in [0.29, 0.717) is 12.6 Å². The van der Waals surface area contributed by atoms with E-state index in [2.05, 4.69) is 37.8 Å². The second-order valence-electron chi connectivity index (χ2n) is 6.42. The van der Waals surface area contributed by atoms with E-state index in [1.54, 1.807) is 0 Å². The molecular formula is C18H26N6.